The Bertz CT molecular complexity index is 1100. The average molecular weight is 394 g/mol. The smallest absolute Gasteiger partial charge is 0.220 e. The van der Waals surface area contributed by atoms with Gasteiger partial charge in [0.05, 0.1) is 16.8 Å². The second-order valence-electron chi connectivity index (χ2n) is 7.44. The number of nitrogens with one attached hydrogen (secondary N) is 1. The van der Waals surface area contributed by atoms with Crippen LogP contribution in [0, 0.1) is 18.7 Å². The summed E-state index contributed by atoms with van der Waals surface area (Å²) in [7, 11) is 0. The normalized spacial score (nSPS) is 15.4. The van der Waals surface area contributed by atoms with Crippen molar-refractivity contribution in [3.05, 3.63) is 53.3 Å². The number of aliphatic imine (C=N–C) groups is 1. The van der Waals surface area contributed by atoms with Gasteiger partial charge in [-0.15, -0.1) is 0 Å². The number of nitrogens with zero attached hydrogens (tertiary/aromatic N) is 2. The van der Waals surface area contributed by atoms with Crippen LogP contribution in [0.5, 0.6) is 5.88 Å². The van der Waals surface area contributed by atoms with Crippen molar-refractivity contribution in [2.24, 2.45) is 16.6 Å². The molecule has 7 heteroatoms. The van der Waals surface area contributed by atoms with Gasteiger partial charge in [-0.25, -0.2) is 4.39 Å². The SMILES string of the molecule is Cc1cc(N=Cc2c(O)[nH]c3cccc(F)c23)ccc1N1CCC(C(N)=O)CC1. The van der Waals surface area contributed by atoms with Gasteiger partial charge in [0.2, 0.25) is 5.91 Å². The molecule has 0 atom stereocenters. The van der Waals surface area contributed by atoms with Crippen LogP contribution in [-0.4, -0.2) is 35.3 Å². The highest BCUT2D eigenvalue weighted by Crippen LogP contribution is 2.31. The Morgan fingerprint density at radius 3 is 2.76 bits per heavy atom. The molecule has 1 aliphatic rings. The molecule has 29 heavy (non-hydrogen) atoms. The maximum absolute atomic E-state index is 14.2. The van der Waals surface area contributed by atoms with Gasteiger partial charge in [0, 0.05) is 36.3 Å². The Balaban J connectivity index is 1.55. The molecule has 4 rings (SSSR count). The number of carbonyl (C=O) groups excluding carboxylic acids is 1. The molecule has 1 saturated heterocycles. The number of benzene rings is 2. The summed E-state index contributed by atoms with van der Waals surface area (Å²) in [6, 6.07) is 10.5. The van der Waals surface area contributed by atoms with Gasteiger partial charge < -0.3 is 20.7 Å². The van der Waals surface area contributed by atoms with E-state index in [1.807, 2.05) is 25.1 Å². The molecule has 1 aromatic heterocycles. The molecule has 0 unspecified atom stereocenters. The number of piperidine rings is 1. The summed E-state index contributed by atoms with van der Waals surface area (Å²) < 4.78 is 14.2. The number of hydrogen-bond donors (Lipinski definition) is 3. The van der Waals surface area contributed by atoms with Crippen LogP contribution in [0.15, 0.2) is 41.4 Å². The van der Waals surface area contributed by atoms with Crippen LogP contribution in [0.1, 0.15) is 24.0 Å². The van der Waals surface area contributed by atoms with Gasteiger partial charge in [-0.1, -0.05) is 6.07 Å². The van der Waals surface area contributed by atoms with E-state index >= 15 is 0 Å². The summed E-state index contributed by atoms with van der Waals surface area (Å²) in [5.74, 6) is -0.784. The van der Waals surface area contributed by atoms with Crippen molar-refractivity contribution in [2.45, 2.75) is 19.8 Å². The number of rotatable bonds is 4. The molecule has 4 N–H and O–H groups in total. The molecule has 3 aromatic rings. The van der Waals surface area contributed by atoms with Crippen molar-refractivity contribution in [2.75, 3.05) is 18.0 Å². The zero-order valence-corrected chi connectivity index (χ0v) is 16.2. The third-order valence-electron chi connectivity index (χ3n) is 5.55. The molecule has 0 saturated carbocycles. The number of H-pyrrole nitrogens is 1. The topological polar surface area (TPSA) is 94.7 Å². The number of anilines is 1. The van der Waals surface area contributed by atoms with E-state index in [0.29, 0.717) is 22.2 Å². The number of primary amides is 1. The Morgan fingerprint density at radius 2 is 2.07 bits per heavy atom. The minimum Gasteiger partial charge on any atom is -0.494 e. The Kier molecular flexibility index (Phi) is 4.96. The highest BCUT2D eigenvalue weighted by molar-refractivity contribution is 6.02. The van der Waals surface area contributed by atoms with Gasteiger partial charge in [0.25, 0.3) is 0 Å². The van der Waals surface area contributed by atoms with Crippen LogP contribution < -0.4 is 10.6 Å². The molecule has 0 spiro atoms. The summed E-state index contributed by atoms with van der Waals surface area (Å²) in [5, 5.41) is 10.4. The zero-order chi connectivity index (χ0) is 20.5. The molecule has 0 radical (unpaired) electrons. The average Bonchev–Trinajstić information content (AvgIpc) is 3.03. The van der Waals surface area contributed by atoms with Gasteiger partial charge in [0.15, 0.2) is 5.88 Å². The quantitative estimate of drug-likeness (QED) is 0.588. The van der Waals surface area contributed by atoms with E-state index in [9.17, 15) is 14.3 Å². The third kappa shape index (κ3) is 3.68. The lowest BCUT2D eigenvalue weighted by Crippen LogP contribution is -2.38. The van der Waals surface area contributed by atoms with E-state index in [1.165, 1.54) is 12.3 Å². The first-order chi connectivity index (χ1) is 13.9. The highest BCUT2D eigenvalue weighted by atomic mass is 19.1. The summed E-state index contributed by atoms with van der Waals surface area (Å²) in [5.41, 5.74) is 9.14. The van der Waals surface area contributed by atoms with Crippen molar-refractivity contribution in [1.29, 1.82) is 0 Å². The van der Waals surface area contributed by atoms with Gasteiger partial charge in [-0.05, 0) is 55.7 Å². The van der Waals surface area contributed by atoms with Gasteiger partial charge in [-0.2, -0.15) is 0 Å². The monoisotopic (exact) mass is 394 g/mol. The van der Waals surface area contributed by atoms with Gasteiger partial charge in [-0.3, -0.25) is 9.79 Å². The van der Waals surface area contributed by atoms with E-state index in [1.54, 1.807) is 12.1 Å². The lowest BCUT2D eigenvalue weighted by atomic mass is 9.95. The van der Waals surface area contributed by atoms with E-state index in [-0.39, 0.29) is 17.7 Å². The first-order valence-corrected chi connectivity index (χ1v) is 9.62. The number of halogens is 1. The van der Waals surface area contributed by atoms with Gasteiger partial charge >= 0.3 is 0 Å². The standard InChI is InChI=1S/C22H23FN4O2/c1-13-11-15(5-6-19(13)27-9-7-14(8-10-27)21(24)28)25-12-16-20-17(23)3-2-4-18(20)26-22(16)29/h2-6,11-12,14,26,29H,7-10H2,1H3,(H2,24,28). The summed E-state index contributed by atoms with van der Waals surface area (Å²) in [6.45, 7) is 3.59. The molecule has 2 aromatic carbocycles. The van der Waals surface area contributed by atoms with E-state index < -0.39 is 5.82 Å². The minimum atomic E-state index is -0.411. The van der Waals surface area contributed by atoms with E-state index in [0.717, 1.165) is 37.2 Å². The Morgan fingerprint density at radius 1 is 1.31 bits per heavy atom. The first-order valence-electron chi connectivity index (χ1n) is 9.62. The van der Waals surface area contributed by atoms with Crippen molar-refractivity contribution in [3.8, 4) is 5.88 Å². The zero-order valence-electron chi connectivity index (χ0n) is 16.2. The number of fused-ring (bicyclic) bond motifs is 1. The van der Waals surface area contributed by atoms with Crippen LogP contribution in [0.2, 0.25) is 0 Å². The third-order valence-corrected chi connectivity index (χ3v) is 5.55. The molecule has 2 heterocycles. The first kappa shape index (κ1) is 19.0. The Labute approximate surface area is 167 Å². The van der Waals surface area contributed by atoms with Crippen molar-refractivity contribution >= 4 is 34.4 Å². The summed E-state index contributed by atoms with van der Waals surface area (Å²) in [6.07, 6.45) is 3.00. The second-order valence-corrected chi connectivity index (χ2v) is 7.44. The van der Waals surface area contributed by atoms with E-state index in [2.05, 4.69) is 14.9 Å². The highest BCUT2D eigenvalue weighted by Gasteiger charge is 2.23. The second kappa shape index (κ2) is 7.58. The van der Waals surface area contributed by atoms with Gasteiger partial charge in [0.1, 0.15) is 5.82 Å². The van der Waals surface area contributed by atoms with Crippen LogP contribution in [0.4, 0.5) is 15.8 Å². The largest absolute Gasteiger partial charge is 0.494 e. The number of nitrogens with two attached hydrogens (primary N) is 1. The number of amides is 1. The number of aromatic nitrogens is 1. The predicted octanol–water partition coefficient (Wildman–Crippen LogP) is 3.77. The lowest BCUT2D eigenvalue weighted by Gasteiger charge is -2.33. The van der Waals surface area contributed by atoms with Crippen LogP contribution in [-0.2, 0) is 4.79 Å². The predicted molar refractivity (Wildman–Crippen MR) is 112 cm³/mol. The summed E-state index contributed by atoms with van der Waals surface area (Å²) >= 11 is 0. The van der Waals surface area contributed by atoms with E-state index in [4.69, 9.17) is 5.73 Å². The fraction of sp³-hybridized carbons (Fsp3) is 0.273. The van der Waals surface area contributed by atoms with Crippen molar-refractivity contribution in [3.63, 3.8) is 0 Å². The Hall–Kier alpha value is -3.35. The number of aromatic hydroxyl groups is 1. The molecular weight excluding hydrogens is 371 g/mol. The molecule has 1 aliphatic heterocycles. The molecule has 150 valence electrons. The molecule has 1 amide bonds. The number of aromatic amines is 1. The van der Waals surface area contributed by atoms with Crippen LogP contribution >= 0.6 is 0 Å². The molecule has 1 fully saturated rings. The minimum absolute atomic E-state index is 0.0420. The fourth-order valence-corrected chi connectivity index (χ4v) is 3.96. The lowest BCUT2D eigenvalue weighted by molar-refractivity contribution is -0.122. The molecule has 0 aliphatic carbocycles. The maximum atomic E-state index is 14.2. The molecular formula is C22H23FN4O2. The maximum Gasteiger partial charge on any atom is 0.220 e. The molecule has 6 nitrogen and oxygen atoms in total. The van der Waals surface area contributed by atoms with Crippen LogP contribution in [0.3, 0.4) is 0 Å². The van der Waals surface area contributed by atoms with Crippen molar-refractivity contribution in [1.82, 2.24) is 4.98 Å². The summed E-state index contributed by atoms with van der Waals surface area (Å²) in [4.78, 5) is 20.8. The number of hydrogen-bond acceptors (Lipinski definition) is 4. The number of aryl methyl sites for hydroxylation is 1. The molecule has 0 bridgehead atoms. The van der Waals surface area contributed by atoms with Crippen molar-refractivity contribution < 1.29 is 14.3 Å². The fourth-order valence-electron chi connectivity index (χ4n) is 3.96. The van der Waals surface area contributed by atoms with Crippen LogP contribution in [0.25, 0.3) is 10.9 Å². The number of carbonyl (C=O) groups is 1.